The number of halogens is 1. The number of amides is 1. The zero-order valence-corrected chi connectivity index (χ0v) is 22.0. The number of anilines is 1. The lowest BCUT2D eigenvalue weighted by Gasteiger charge is -2.36. The van der Waals surface area contributed by atoms with Gasteiger partial charge < -0.3 is 24.1 Å². The van der Waals surface area contributed by atoms with Crippen molar-refractivity contribution in [1.82, 2.24) is 19.4 Å². The number of fused-ring (bicyclic) bond motifs is 1. The maximum atomic E-state index is 12.9. The molecule has 192 valence electrons. The van der Waals surface area contributed by atoms with Gasteiger partial charge in [-0.05, 0) is 56.2 Å². The lowest BCUT2D eigenvalue weighted by atomic mass is 10.1. The molecule has 5 rings (SSSR count). The molecule has 0 aliphatic carbocycles. The van der Waals surface area contributed by atoms with Crippen molar-refractivity contribution < 1.29 is 9.53 Å². The van der Waals surface area contributed by atoms with Gasteiger partial charge in [-0.15, -0.1) is 0 Å². The summed E-state index contributed by atoms with van der Waals surface area (Å²) in [4.78, 5) is 37.1. The van der Waals surface area contributed by atoms with Gasteiger partial charge in [-0.25, -0.2) is 9.78 Å². The highest BCUT2D eigenvalue weighted by molar-refractivity contribution is 6.30. The van der Waals surface area contributed by atoms with Crippen LogP contribution in [0.2, 0.25) is 5.02 Å². The Kier molecular flexibility index (Phi) is 6.69. The third-order valence-electron chi connectivity index (χ3n) is 6.36. The van der Waals surface area contributed by atoms with Gasteiger partial charge >= 0.3 is 6.09 Å². The van der Waals surface area contributed by atoms with Gasteiger partial charge in [-0.2, -0.15) is 0 Å². The minimum Gasteiger partial charge on any atom is -0.444 e. The Morgan fingerprint density at radius 2 is 1.89 bits per heavy atom. The summed E-state index contributed by atoms with van der Waals surface area (Å²) >= 11 is 6.09. The van der Waals surface area contributed by atoms with Gasteiger partial charge in [0.1, 0.15) is 11.2 Å². The second-order valence-corrected chi connectivity index (χ2v) is 10.7. The Labute approximate surface area is 220 Å². The van der Waals surface area contributed by atoms with Crippen LogP contribution < -0.4 is 10.5 Å². The number of pyridine rings is 2. The summed E-state index contributed by atoms with van der Waals surface area (Å²) in [7, 11) is 0. The van der Waals surface area contributed by atoms with Crippen molar-refractivity contribution in [2.45, 2.75) is 32.9 Å². The molecule has 0 spiro atoms. The third kappa shape index (κ3) is 5.64. The number of nitrogens with one attached hydrogen (secondary N) is 1. The maximum Gasteiger partial charge on any atom is 0.410 e. The van der Waals surface area contributed by atoms with Crippen molar-refractivity contribution >= 4 is 34.4 Å². The summed E-state index contributed by atoms with van der Waals surface area (Å²) in [5.41, 5.74) is 3.85. The van der Waals surface area contributed by atoms with Crippen LogP contribution in [0.15, 0.2) is 65.8 Å². The highest BCUT2D eigenvalue weighted by Gasteiger charge is 2.26. The first-order chi connectivity index (χ1) is 17.7. The second kappa shape index (κ2) is 9.94. The lowest BCUT2D eigenvalue weighted by molar-refractivity contribution is 0.0240. The number of H-pyrrole nitrogens is 1. The molecule has 9 heteroatoms. The molecule has 4 aromatic rings. The quantitative estimate of drug-likeness (QED) is 0.403. The maximum absolute atomic E-state index is 12.9. The molecule has 37 heavy (non-hydrogen) atoms. The van der Waals surface area contributed by atoms with Crippen LogP contribution in [0.4, 0.5) is 10.5 Å². The number of rotatable bonds is 4. The molecule has 3 aromatic heterocycles. The molecule has 1 saturated heterocycles. The van der Waals surface area contributed by atoms with Gasteiger partial charge in [0.25, 0.3) is 5.56 Å². The first-order valence-electron chi connectivity index (χ1n) is 12.3. The van der Waals surface area contributed by atoms with E-state index in [1.807, 2.05) is 69.7 Å². The van der Waals surface area contributed by atoms with E-state index in [2.05, 4.69) is 20.9 Å². The normalized spacial score (nSPS) is 14.3. The highest BCUT2D eigenvalue weighted by atomic mass is 35.5. The zero-order chi connectivity index (χ0) is 26.2. The predicted octanol–water partition coefficient (Wildman–Crippen LogP) is 5.15. The van der Waals surface area contributed by atoms with Crippen LogP contribution in [0, 0.1) is 0 Å². The van der Waals surface area contributed by atoms with Gasteiger partial charge in [0.2, 0.25) is 0 Å². The first kappa shape index (κ1) is 24.9. The number of ether oxygens (including phenoxy) is 1. The summed E-state index contributed by atoms with van der Waals surface area (Å²) in [5, 5.41) is 1.59. The lowest BCUT2D eigenvalue weighted by Crippen LogP contribution is -2.50. The Hall–Kier alpha value is -3.78. The smallest absolute Gasteiger partial charge is 0.410 e. The summed E-state index contributed by atoms with van der Waals surface area (Å²) < 4.78 is 7.17. The largest absolute Gasteiger partial charge is 0.444 e. The number of carbonyl (C=O) groups excluding carboxylic acids is 1. The minimum absolute atomic E-state index is 0.0887. The fourth-order valence-corrected chi connectivity index (χ4v) is 4.73. The van der Waals surface area contributed by atoms with Crippen molar-refractivity contribution in [2.75, 3.05) is 31.1 Å². The van der Waals surface area contributed by atoms with E-state index < -0.39 is 5.60 Å². The molecule has 1 fully saturated rings. The van der Waals surface area contributed by atoms with Crippen LogP contribution in [0.5, 0.6) is 0 Å². The number of hydrogen-bond donors (Lipinski definition) is 1. The minimum atomic E-state index is -0.510. The van der Waals surface area contributed by atoms with E-state index in [9.17, 15) is 9.59 Å². The number of benzene rings is 1. The Bertz CT molecular complexity index is 1500. The summed E-state index contributed by atoms with van der Waals surface area (Å²) in [5.74, 6) is 0. The summed E-state index contributed by atoms with van der Waals surface area (Å²) in [6, 6.07) is 13.2. The summed E-state index contributed by atoms with van der Waals surface area (Å²) in [6.45, 7) is 8.61. The molecule has 1 aliphatic rings. The standard InChI is InChI=1S/C28H30ClN5O3/c1-28(2,3)37-27(36)33-11-9-32(10-12-33)22-15-23-24(17-31-26(23)30-16-22)20-7-8-34(25(35)14-20)18-19-5-4-6-21(29)13-19/h4-8,13-17H,9-12,18H2,1-3H3,(H,30,31). The van der Waals surface area contributed by atoms with E-state index in [1.54, 1.807) is 15.5 Å². The van der Waals surface area contributed by atoms with Crippen LogP contribution in [-0.2, 0) is 11.3 Å². The van der Waals surface area contributed by atoms with Gasteiger partial charge in [0, 0.05) is 60.6 Å². The van der Waals surface area contributed by atoms with Gasteiger partial charge in [0.15, 0.2) is 0 Å². The van der Waals surface area contributed by atoms with Gasteiger partial charge in [0.05, 0.1) is 18.4 Å². The molecule has 8 nitrogen and oxygen atoms in total. The molecule has 1 amide bonds. The van der Waals surface area contributed by atoms with E-state index >= 15 is 0 Å². The van der Waals surface area contributed by atoms with Crippen LogP contribution in [0.25, 0.3) is 22.2 Å². The van der Waals surface area contributed by atoms with Gasteiger partial charge in [-0.3, -0.25) is 4.79 Å². The fourth-order valence-electron chi connectivity index (χ4n) is 4.52. The Morgan fingerprint density at radius 1 is 1.11 bits per heavy atom. The first-order valence-corrected chi connectivity index (χ1v) is 12.7. The molecule has 4 heterocycles. The highest BCUT2D eigenvalue weighted by Crippen LogP contribution is 2.30. The van der Waals surface area contributed by atoms with Crippen molar-refractivity contribution in [3.8, 4) is 11.1 Å². The van der Waals surface area contributed by atoms with Crippen LogP contribution in [0.1, 0.15) is 26.3 Å². The molecule has 1 N–H and O–H groups in total. The van der Waals surface area contributed by atoms with Crippen molar-refractivity contribution in [3.63, 3.8) is 0 Å². The molecule has 0 unspecified atom stereocenters. The topological polar surface area (TPSA) is 83.5 Å². The zero-order valence-electron chi connectivity index (χ0n) is 21.2. The average molecular weight is 520 g/mol. The molecule has 0 bridgehead atoms. The van der Waals surface area contributed by atoms with Gasteiger partial charge in [-0.1, -0.05) is 23.7 Å². The third-order valence-corrected chi connectivity index (χ3v) is 6.60. The number of hydrogen-bond acceptors (Lipinski definition) is 5. The average Bonchev–Trinajstić information content (AvgIpc) is 3.28. The van der Waals surface area contributed by atoms with E-state index in [0.29, 0.717) is 37.7 Å². The number of aromatic nitrogens is 3. The number of piperazine rings is 1. The number of aromatic amines is 1. The van der Waals surface area contributed by atoms with Crippen molar-refractivity contribution in [1.29, 1.82) is 0 Å². The molecule has 0 atom stereocenters. The molecule has 0 saturated carbocycles. The molecule has 1 aliphatic heterocycles. The van der Waals surface area contributed by atoms with E-state index in [-0.39, 0.29) is 11.7 Å². The monoisotopic (exact) mass is 519 g/mol. The van der Waals surface area contributed by atoms with Crippen LogP contribution in [-0.4, -0.2) is 57.3 Å². The van der Waals surface area contributed by atoms with Crippen LogP contribution in [0.3, 0.4) is 0 Å². The van der Waals surface area contributed by atoms with E-state index in [1.165, 1.54) is 0 Å². The number of nitrogens with zero attached hydrogens (tertiary/aromatic N) is 4. The van der Waals surface area contributed by atoms with E-state index in [0.717, 1.165) is 33.4 Å². The molecule has 1 aromatic carbocycles. The fraction of sp³-hybridized carbons (Fsp3) is 0.321. The SMILES string of the molecule is CC(C)(C)OC(=O)N1CCN(c2cnc3[nH]cc(-c4ccn(Cc5cccc(Cl)c5)c(=O)c4)c3c2)CC1. The summed E-state index contributed by atoms with van der Waals surface area (Å²) in [6.07, 6.45) is 5.26. The second-order valence-electron chi connectivity index (χ2n) is 10.3. The van der Waals surface area contributed by atoms with E-state index in [4.69, 9.17) is 16.3 Å². The Morgan fingerprint density at radius 3 is 2.59 bits per heavy atom. The number of carbonyl (C=O) groups is 1. The predicted molar refractivity (Wildman–Crippen MR) is 146 cm³/mol. The van der Waals surface area contributed by atoms with Crippen molar-refractivity contribution in [2.24, 2.45) is 0 Å². The molecular formula is C28H30ClN5O3. The Balaban J connectivity index is 1.34. The van der Waals surface area contributed by atoms with Crippen molar-refractivity contribution in [3.05, 3.63) is 82.0 Å². The van der Waals surface area contributed by atoms with Crippen LogP contribution >= 0.6 is 11.6 Å². The molecular weight excluding hydrogens is 490 g/mol. The molecule has 0 radical (unpaired) electrons.